The lowest BCUT2D eigenvalue weighted by Gasteiger charge is -2.24. The molecule has 1 aliphatic heterocycles. The van der Waals surface area contributed by atoms with Crippen LogP contribution in [0.2, 0.25) is 0 Å². The first kappa shape index (κ1) is 15.6. The smallest absolute Gasteiger partial charge is 0.234 e. The van der Waals surface area contributed by atoms with E-state index in [1.54, 1.807) is 18.6 Å². The van der Waals surface area contributed by atoms with Crippen LogP contribution in [0, 0.1) is 12.8 Å². The van der Waals surface area contributed by atoms with Crippen LogP contribution in [0.3, 0.4) is 0 Å². The molecule has 0 unspecified atom stereocenters. The Balaban J connectivity index is 1.42. The van der Waals surface area contributed by atoms with E-state index in [0.29, 0.717) is 17.4 Å². The Hall–Kier alpha value is -2.61. The molecule has 1 saturated heterocycles. The molecule has 1 saturated carbocycles. The quantitative estimate of drug-likeness (QED) is 0.769. The third-order valence-electron chi connectivity index (χ3n) is 5.91. The van der Waals surface area contributed by atoms with Gasteiger partial charge in [-0.25, -0.2) is 4.98 Å². The van der Waals surface area contributed by atoms with Gasteiger partial charge in [-0.15, -0.1) is 0 Å². The number of likely N-dealkylation sites (tertiary alicyclic amines) is 1. The van der Waals surface area contributed by atoms with Gasteiger partial charge in [0.25, 0.3) is 0 Å². The van der Waals surface area contributed by atoms with E-state index in [9.17, 15) is 0 Å². The molecule has 8 heteroatoms. The first-order valence-electron chi connectivity index (χ1n) is 9.06. The Kier molecular flexibility index (Phi) is 3.59. The van der Waals surface area contributed by atoms with Crippen LogP contribution in [0.4, 0.5) is 0 Å². The zero-order valence-corrected chi connectivity index (χ0v) is 14.7. The fourth-order valence-corrected chi connectivity index (χ4v) is 4.58. The highest BCUT2D eigenvalue weighted by Gasteiger charge is 2.54. The number of nitrogens with one attached hydrogen (secondary N) is 1. The summed E-state index contributed by atoms with van der Waals surface area (Å²) in [7, 11) is 0. The topological polar surface area (TPSA) is 96.6 Å². The molecule has 0 radical (unpaired) electrons. The highest BCUT2D eigenvalue weighted by atomic mass is 16.5. The third-order valence-corrected chi connectivity index (χ3v) is 5.91. The second kappa shape index (κ2) is 5.98. The van der Waals surface area contributed by atoms with Gasteiger partial charge in [-0.2, -0.15) is 10.1 Å². The molecule has 26 heavy (non-hydrogen) atoms. The summed E-state index contributed by atoms with van der Waals surface area (Å²) in [4.78, 5) is 15.6. The summed E-state index contributed by atoms with van der Waals surface area (Å²) in [5.41, 5.74) is 3.01. The van der Waals surface area contributed by atoms with Crippen LogP contribution < -0.4 is 0 Å². The zero-order chi connectivity index (χ0) is 17.6. The highest BCUT2D eigenvalue weighted by molar-refractivity contribution is 5.46. The van der Waals surface area contributed by atoms with Gasteiger partial charge in [-0.1, -0.05) is 11.6 Å². The summed E-state index contributed by atoms with van der Waals surface area (Å²) >= 11 is 0. The van der Waals surface area contributed by atoms with E-state index in [4.69, 9.17) is 9.51 Å². The normalized spacial score (nSPS) is 25.7. The lowest BCUT2D eigenvalue weighted by atomic mass is 9.80. The molecule has 0 bridgehead atoms. The number of aromatic nitrogens is 6. The van der Waals surface area contributed by atoms with Crippen LogP contribution in [0.5, 0.6) is 0 Å². The summed E-state index contributed by atoms with van der Waals surface area (Å²) in [6.07, 6.45) is 10.4. The maximum Gasteiger partial charge on any atom is 0.234 e. The van der Waals surface area contributed by atoms with Crippen LogP contribution in [0.15, 0.2) is 29.3 Å². The molecule has 2 aliphatic rings. The average Bonchev–Trinajstić information content (AvgIpc) is 3.40. The van der Waals surface area contributed by atoms with Crippen molar-refractivity contribution >= 4 is 0 Å². The van der Waals surface area contributed by atoms with E-state index in [1.165, 1.54) is 18.4 Å². The molecule has 2 atom stereocenters. The minimum Gasteiger partial charge on any atom is -0.338 e. The maximum absolute atomic E-state index is 5.74. The van der Waals surface area contributed by atoms with Crippen molar-refractivity contribution < 1.29 is 4.52 Å². The fraction of sp³-hybridized carbons (Fsp3) is 0.500. The van der Waals surface area contributed by atoms with Gasteiger partial charge in [0, 0.05) is 43.3 Å². The molecule has 3 aromatic heterocycles. The van der Waals surface area contributed by atoms with Crippen molar-refractivity contribution in [3.05, 3.63) is 41.9 Å². The molecular weight excluding hydrogens is 330 g/mol. The van der Waals surface area contributed by atoms with Crippen molar-refractivity contribution in [2.24, 2.45) is 5.92 Å². The number of rotatable bonds is 4. The van der Waals surface area contributed by atoms with Crippen molar-refractivity contribution in [3.63, 3.8) is 0 Å². The summed E-state index contributed by atoms with van der Waals surface area (Å²) < 4.78 is 5.74. The van der Waals surface area contributed by atoms with Crippen molar-refractivity contribution in [2.75, 3.05) is 13.1 Å². The van der Waals surface area contributed by atoms with Crippen molar-refractivity contribution in [3.8, 4) is 11.5 Å². The van der Waals surface area contributed by atoms with Crippen LogP contribution in [-0.2, 0) is 12.0 Å². The largest absolute Gasteiger partial charge is 0.338 e. The van der Waals surface area contributed by atoms with Gasteiger partial charge in [0.15, 0.2) is 0 Å². The van der Waals surface area contributed by atoms with Crippen molar-refractivity contribution in [1.82, 2.24) is 35.2 Å². The Morgan fingerprint density at radius 2 is 2.31 bits per heavy atom. The Labute approximate surface area is 151 Å². The molecule has 0 spiro atoms. The van der Waals surface area contributed by atoms with Crippen LogP contribution in [-0.4, -0.2) is 48.3 Å². The number of fused-ring (bicyclic) bond motifs is 1. The van der Waals surface area contributed by atoms with E-state index in [0.717, 1.165) is 37.6 Å². The van der Waals surface area contributed by atoms with Crippen LogP contribution >= 0.6 is 0 Å². The zero-order valence-electron chi connectivity index (χ0n) is 14.7. The summed E-state index contributed by atoms with van der Waals surface area (Å²) in [6, 6.07) is 0. The second-order valence-corrected chi connectivity index (χ2v) is 7.45. The van der Waals surface area contributed by atoms with E-state index in [2.05, 4.69) is 37.1 Å². The average molecular weight is 351 g/mol. The molecular formula is C18H21N7O. The maximum atomic E-state index is 5.74. The van der Waals surface area contributed by atoms with Crippen molar-refractivity contribution in [2.45, 2.75) is 38.1 Å². The summed E-state index contributed by atoms with van der Waals surface area (Å²) in [6.45, 7) is 4.99. The molecule has 5 rings (SSSR count). The Morgan fingerprint density at radius 3 is 3.12 bits per heavy atom. The number of H-pyrrole nitrogens is 1. The molecule has 4 heterocycles. The van der Waals surface area contributed by atoms with Gasteiger partial charge in [-0.3, -0.25) is 15.0 Å². The van der Waals surface area contributed by atoms with Gasteiger partial charge < -0.3 is 4.52 Å². The summed E-state index contributed by atoms with van der Waals surface area (Å²) in [5, 5.41) is 11.3. The fourth-order valence-electron chi connectivity index (χ4n) is 4.58. The summed E-state index contributed by atoms with van der Waals surface area (Å²) in [5.74, 6) is 1.84. The molecule has 8 nitrogen and oxygen atoms in total. The minimum absolute atomic E-state index is 0.0366. The minimum atomic E-state index is -0.0366. The molecule has 1 N–H and O–H groups in total. The van der Waals surface area contributed by atoms with Gasteiger partial charge >= 0.3 is 0 Å². The number of hydrogen-bond donors (Lipinski definition) is 1. The SMILES string of the molecule is Cc1[nH]ncc1CN1C[C@H]2CCC[C@@]2(c2nc(-c3cnccn3)no2)C1. The second-order valence-electron chi connectivity index (χ2n) is 7.45. The first-order chi connectivity index (χ1) is 12.7. The standard InChI is InChI=1S/C18H21N7O/c1-12-13(7-21-23-12)9-25-10-14-3-2-4-18(14,11-25)17-22-16(24-26-17)15-8-19-5-6-20-15/h5-8,14H,2-4,9-11H2,1H3,(H,21,23)/t14-,18-/m1/s1. The lowest BCUT2D eigenvalue weighted by molar-refractivity contribution is 0.245. The predicted molar refractivity (Wildman–Crippen MR) is 92.9 cm³/mol. The van der Waals surface area contributed by atoms with E-state index in [-0.39, 0.29) is 5.41 Å². The highest BCUT2D eigenvalue weighted by Crippen LogP contribution is 2.50. The monoisotopic (exact) mass is 351 g/mol. The number of nitrogens with zero attached hydrogens (tertiary/aromatic N) is 6. The van der Waals surface area contributed by atoms with E-state index < -0.39 is 0 Å². The Morgan fingerprint density at radius 1 is 1.35 bits per heavy atom. The first-order valence-corrected chi connectivity index (χ1v) is 9.06. The molecule has 3 aromatic rings. The molecule has 1 aliphatic carbocycles. The lowest BCUT2D eigenvalue weighted by Crippen LogP contribution is -2.32. The Bertz CT molecular complexity index is 905. The molecule has 0 amide bonds. The van der Waals surface area contributed by atoms with Gasteiger partial charge in [0.1, 0.15) is 5.69 Å². The molecule has 2 fully saturated rings. The van der Waals surface area contributed by atoms with E-state index in [1.807, 2.05) is 6.20 Å². The number of aryl methyl sites for hydroxylation is 1. The van der Waals surface area contributed by atoms with Crippen LogP contribution in [0.1, 0.15) is 36.4 Å². The van der Waals surface area contributed by atoms with Crippen molar-refractivity contribution in [1.29, 1.82) is 0 Å². The predicted octanol–water partition coefficient (Wildman–Crippen LogP) is 2.11. The van der Waals surface area contributed by atoms with Gasteiger partial charge in [0.2, 0.25) is 11.7 Å². The molecule has 0 aromatic carbocycles. The molecule has 134 valence electrons. The van der Waals surface area contributed by atoms with Crippen LogP contribution in [0.25, 0.3) is 11.5 Å². The van der Waals surface area contributed by atoms with E-state index >= 15 is 0 Å². The number of aromatic amines is 1. The van der Waals surface area contributed by atoms with Gasteiger partial charge in [0.05, 0.1) is 17.8 Å². The third kappa shape index (κ3) is 2.44. The van der Waals surface area contributed by atoms with Gasteiger partial charge in [-0.05, 0) is 25.7 Å². The number of hydrogen-bond acceptors (Lipinski definition) is 7.